The summed E-state index contributed by atoms with van der Waals surface area (Å²) in [6, 6.07) is -0.183. The van der Waals surface area contributed by atoms with Crippen LogP contribution < -0.4 is 0 Å². The van der Waals surface area contributed by atoms with E-state index >= 15 is 0 Å². The Morgan fingerprint density at radius 1 is 1.26 bits per heavy atom. The molecule has 1 saturated carbocycles. The first-order valence-corrected chi connectivity index (χ1v) is 7.30. The number of amides is 1. The molecule has 1 amide bonds. The predicted octanol–water partition coefficient (Wildman–Crippen LogP) is 2.74. The van der Waals surface area contributed by atoms with Crippen LogP contribution in [0.25, 0.3) is 0 Å². The van der Waals surface area contributed by atoms with Crippen LogP contribution in [0, 0.1) is 28.6 Å². The molecule has 0 N–H and O–H groups in total. The van der Waals surface area contributed by atoms with Gasteiger partial charge in [0, 0.05) is 12.5 Å². The number of fused-ring (bicyclic) bond motifs is 1. The van der Waals surface area contributed by atoms with E-state index in [9.17, 15) is 9.59 Å². The van der Waals surface area contributed by atoms with Gasteiger partial charge in [-0.1, -0.05) is 41.5 Å². The number of rotatable bonds is 2. The van der Waals surface area contributed by atoms with Crippen LogP contribution in [-0.4, -0.2) is 29.2 Å². The Hall–Kier alpha value is -0.860. The molecule has 1 aliphatic carbocycles. The van der Waals surface area contributed by atoms with Gasteiger partial charge in [0.15, 0.2) is 5.78 Å². The van der Waals surface area contributed by atoms with Gasteiger partial charge in [-0.15, -0.1) is 0 Å². The Labute approximate surface area is 116 Å². The number of likely N-dealkylation sites (tertiary alicyclic amines) is 1. The lowest BCUT2D eigenvalue weighted by atomic mass is 9.80. The van der Waals surface area contributed by atoms with Crippen LogP contribution >= 0.6 is 0 Å². The molecule has 0 radical (unpaired) electrons. The third-order valence-corrected chi connectivity index (χ3v) is 5.58. The Kier molecular flexibility index (Phi) is 3.11. The first kappa shape index (κ1) is 14.5. The van der Waals surface area contributed by atoms with Crippen molar-refractivity contribution in [2.45, 2.75) is 54.5 Å². The van der Waals surface area contributed by atoms with E-state index in [0.717, 1.165) is 6.54 Å². The van der Waals surface area contributed by atoms with Crippen molar-refractivity contribution < 1.29 is 9.59 Å². The minimum absolute atomic E-state index is 0.0463. The van der Waals surface area contributed by atoms with E-state index in [1.165, 1.54) is 0 Å². The van der Waals surface area contributed by atoms with Crippen molar-refractivity contribution in [2.75, 3.05) is 6.54 Å². The van der Waals surface area contributed by atoms with Crippen LogP contribution in [-0.2, 0) is 9.59 Å². The lowest BCUT2D eigenvalue weighted by Crippen LogP contribution is -2.48. The molecule has 0 unspecified atom stereocenters. The van der Waals surface area contributed by atoms with Crippen LogP contribution in [0.15, 0.2) is 0 Å². The van der Waals surface area contributed by atoms with Gasteiger partial charge >= 0.3 is 0 Å². The standard InChI is InChI=1S/C16H27NO2/c1-9(15(3,4)5)14(19)17-8-11-12(16(11,6)7)13(17)10(2)18/h9,11-13H,8H2,1-7H3/t9-,11+,12+,13-/m1/s1. The molecule has 0 bridgehead atoms. The van der Waals surface area contributed by atoms with Crippen molar-refractivity contribution in [3.63, 3.8) is 0 Å². The van der Waals surface area contributed by atoms with Crippen LogP contribution in [0.5, 0.6) is 0 Å². The van der Waals surface area contributed by atoms with Crippen molar-refractivity contribution in [3.8, 4) is 0 Å². The fourth-order valence-electron chi connectivity index (χ4n) is 3.60. The SMILES string of the molecule is CC(=O)[C@@H]1[C@@H]2[C@H](CN1C(=O)[C@@H](C)C(C)(C)C)C2(C)C. The molecule has 1 saturated heterocycles. The van der Waals surface area contributed by atoms with Gasteiger partial charge in [0.2, 0.25) is 5.91 Å². The van der Waals surface area contributed by atoms with Crippen molar-refractivity contribution >= 4 is 11.7 Å². The van der Waals surface area contributed by atoms with E-state index in [0.29, 0.717) is 11.8 Å². The van der Waals surface area contributed by atoms with Crippen molar-refractivity contribution in [3.05, 3.63) is 0 Å². The first-order chi connectivity index (χ1) is 8.49. The summed E-state index contributed by atoms with van der Waals surface area (Å²) in [6.45, 7) is 15.1. The van der Waals surface area contributed by atoms with Gasteiger partial charge in [-0.2, -0.15) is 0 Å². The molecule has 0 spiro atoms. The van der Waals surface area contributed by atoms with Crippen molar-refractivity contribution in [2.24, 2.45) is 28.6 Å². The molecular weight excluding hydrogens is 238 g/mol. The number of hydrogen-bond donors (Lipinski definition) is 0. The minimum atomic E-state index is -0.183. The highest BCUT2D eigenvalue weighted by atomic mass is 16.2. The average Bonchev–Trinajstić information content (AvgIpc) is 2.65. The van der Waals surface area contributed by atoms with Crippen LogP contribution in [0.1, 0.15) is 48.5 Å². The molecule has 1 aliphatic heterocycles. The highest BCUT2D eigenvalue weighted by molar-refractivity contribution is 5.90. The molecule has 108 valence electrons. The summed E-state index contributed by atoms with van der Waals surface area (Å²) >= 11 is 0. The summed E-state index contributed by atoms with van der Waals surface area (Å²) in [7, 11) is 0. The molecule has 3 heteroatoms. The number of Topliss-reactive ketones (excluding diaryl/α,β-unsaturated/α-hetero) is 1. The third-order valence-electron chi connectivity index (χ3n) is 5.58. The minimum Gasteiger partial charge on any atom is -0.332 e. The number of ketones is 1. The van der Waals surface area contributed by atoms with E-state index in [4.69, 9.17) is 0 Å². The first-order valence-electron chi connectivity index (χ1n) is 7.30. The highest BCUT2D eigenvalue weighted by Gasteiger charge is 2.68. The maximum absolute atomic E-state index is 12.7. The van der Waals surface area contributed by atoms with E-state index in [2.05, 4.69) is 34.6 Å². The molecule has 4 atom stereocenters. The molecule has 0 aromatic heterocycles. The number of carbonyl (C=O) groups excluding carboxylic acids is 2. The average molecular weight is 265 g/mol. The second-order valence-corrected chi connectivity index (χ2v) is 8.09. The zero-order chi connectivity index (χ0) is 14.7. The van der Waals surface area contributed by atoms with Crippen molar-refractivity contribution in [1.82, 2.24) is 4.90 Å². The van der Waals surface area contributed by atoms with Gasteiger partial charge in [-0.3, -0.25) is 9.59 Å². The molecule has 0 aromatic carbocycles. The van der Waals surface area contributed by atoms with Crippen molar-refractivity contribution in [1.29, 1.82) is 0 Å². The van der Waals surface area contributed by atoms with E-state index < -0.39 is 0 Å². The summed E-state index contributed by atoms with van der Waals surface area (Å²) in [5.74, 6) is 1.14. The van der Waals surface area contributed by atoms with Gasteiger partial charge < -0.3 is 4.90 Å². The lowest BCUT2D eigenvalue weighted by Gasteiger charge is -2.35. The normalized spacial score (nSPS) is 33.8. The Morgan fingerprint density at radius 3 is 2.21 bits per heavy atom. The summed E-state index contributed by atoms with van der Waals surface area (Å²) < 4.78 is 0. The van der Waals surface area contributed by atoms with Crippen LogP contribution in [0.2, 0.25) is 0 Å². The summed E-state index contributed by atoms with van der Waals surface area (Å²) in [6.07, 6.45) is 0. The summed E-state index contributed by atoms with van der Waals surface area (Å²) in [4.78, 5) is 26.5. The van der Waals surface area contributed by atoms with Gasteiger partial charge in [0.25, 0.3) is 0 Å². The molecule has 19 heavy (non-hydrogen) atoms. The Balaban J connectivity index is 2.19. The summed E-state index contributed by atoms with van der Waals surface area (Å²) in [5.41, 5.74) is 0.179. The van der Waals surface area contributed by atoms with E-state index in [-0.39, 0.29) is 34.5 Å². The van der Waals surface area contributed by atoms with Gasteiger partial charge in [-0.25, -0.2) is 0 Å². The van der Waals surface area contributed by atoms with E-state index in [1.54, 1.807) is 6.92 Å². The predicted molar refractivity (Wildman–Crippen MR) is 75.6 cm³/mol. The fourth-order valence-corrected chi connectivity index (χ4v) is 3.60. The number of carbonyl (C=O) groups is 2. The molecule has 2 fully saturated rings. The van der Waals surface area contributed by atoms with E-state index in [1.807, 2.05) is 11.8 Å². The lowest BCUT2D eigenvalue weighted by molar-refractivity contribution is -0.144. The molecular formula is C16H27NO2. The zero-order valence-corrected chi connectivity index (χ0v) is 13.3. The second-order valence-electron chi connectivity index (χ2n) is 8.09. The monoisotopic (exact) mass is 265 g/mol. The fraction of sp³-hybridized carbons (Fsp3) is 0.875. The van der Waals surface area contributed by atoms with Crippen LogP contribution in [0.4, 0.5) is 0 Å². The molecule has 1 heterocycles. The highest BCUT2D eigenvalue weighted by Crippen LogP contribution is 2.65. The maximum atomic E-state index is 12.7. The number of hydrogen-bond acceptors (Lipinski definition) is 2. The molecule has 3 nitrogen and oxygen atoms in total. The van der Waals surface area contributed by atoms with Crippen LogP contribution in [0.3, 0.4) is 0 Å². The van der Waals surface area contributed by atoms with Gasteiger partial charge in [0.05, 0.1) is 6.04 Å². The number of piperidine rings is 1. The molecule has 2 rings (SSSR count). The number of nitrogens with zero attached hydrogens (tertiary/aromatic N) is 1. The topological polar surface area (TPSA) is 37.4 Å². The second kappa shape index (κ2) is 4.07. The smallest absolute Gasteiger partial charge is 0.226 e. The Morgan fingerprint density at radius 2 is 1.79 bits per heavy atom. The van der Waals surface area contributed by atoms with Gasteiger partial charge in [-0.05, 0) is 29.6 Å². The zero-order valence-electron chi connectivity index (χ0n) is 13.3. The summed E-state index contributed by atoms with van der Waals surface area (Å²) in [5, 5.41) is 0. The molecule has 2 aliphatic rings. The maximum Gasteiger partial charge on any atom is 0.226 e. The van der Waals surface area contributed by atoms with Gasteiger partial charge in [0.1, 0.15) is 0 Å². The third kappa shape index (κ3) is 2.11. The Bertz CT molecular complexity index is 419. The quantitative estimate of drug-likeness (QED) is 0.770. The molecule has 0 aromatic rings. The largest absolute Gasteiger partial charge is 0.332 e.